The molecular weight excluding hydrogens is 296 g/mol. The molecule has 4 nitrogen and oxygen atoms in total. The molecule has 114 valence electrons. The second kappa shape index (κ2) is 8.20. The van der Waals surface area contributed by atoms with E-state index in [2.05, 4.69) is 22.6 Å². The summed E-state index contributed by atoms with van der Waals surface area (Å²) < 4.78 is 0. The van der Waals surface area contributed by atoms with Gasteiger partial charge in [0.05, 0.1) is 6.54 Å². The Labute approximate surface area is 135 Å². The third-order valence-corrected chi connectivity index (χ3v) is 3.37. The maximum Gasteiger partial charge on any atom is 0.103 e. The van der Waals surface area contributed by atoms with Gasteiger partial charge in [-0.1, -0.05) is 48.0 Å². The lowest BCUT2D eigenvalue weighted by Gasteiger charge is -2.16. The van der Waals surface area contributed by atoms with Crippen molar-refractivity contribution in [2.75, 3.05) is 18.4 Å². The summed E-state index contributed by atoms with van der Waals surface area (Å²) in [5.41, 5.74) is 3.21. The van der Waals surface area contributed by atoms with Gasteiger partial charge in [0.25, 0.3) is 0 Å². The van der Waals surface area contributed by atoms with Gasteiger partial charge in [-0.15, -0.1) is 0 Å². The van der Waals surface area contributed by atoms with Crippen LogP contribution in [0, 0.1) is 5.41 Å². The minimum absolute atomic E-state index is 0.606. The molecule has 0 aliphatic heterocycles. The van der Waals surface area contributed by atoms with Crippen LogP contribution in [0.3, 0.4) is 0 Å². The van der Waals surface area contributed by atoms with Crippen LogP contribution in [0.15, 0.2) is 53.6 Å². The molecule has 0 fully saturated rings. The summed E-state index contributed by atoms with van der Waals surface area (Å²) in [5.74, 6) is 0. The Morgan fingerprint density at radius 2 is 2.00 bits per heavy atom. The minimum atomic E-state index is 0.606. The van der Waals surface area contributed by atoms with Gasteiger partial charge < -0.3 is 5.32 Å². The zero-order valence-corrected chi connectivity index (χ0v) is 13.2. The van der Waals surface area contributed by atoms with Crippen LogP contribution in [0.4, 0.5) is 5.69 Å². The monoisotopic (exact) mass is 314 g/mol. The lowest BCUT2D eigenvalue weighted by atomic mass is 10.0. The van der Waals surface area contributed by atoms with E-state index in [1.807, 2.05) is 43.3 Å². The molecule has 0 atom stereocenters. The van der Waals surface area contributed by atoms with Gasteiger partial charge in [-0.05, 0) is 24.6 Å². The summed E-state index contributed by atoms with van der Waals surface area (Å²) in [6.07, 6.45) is 2.87. The van der Waals surface area contributed by atoms with E-state index in [0.29, 0.717) is 18.1 Å². The molecule has 0 saturated heterocycles. The summed E-state index contributed by atoms with van der Waals surface area (Å²) in [5, 5.41) is 17.0. The number of halogens is 1. The second-order valence-electron chi connectivity index (χ2n) is 4.65. The lowest BCUT2D eigenvalue weighted by molar-refractivity contribution is 0.475. The summed E-state index contributed by atoms with van der Waals surface area (Å²) in [4.78, 5) is 0. The molecular formula is C17H19ClN4. The van der Waals surface area contributed by atoms with Crippen molar-refractivity contribution in [1.29, 1.82) is 5.41 Å². The van der Waals surface area contributed by atoms with E-state index in [1.54, 1.807) is 11.2 Å². The highest BCUT2D eigenvalue weighted by molar-refractivity contribution is 6.31. The number of nitrogens with zero attached hydrogens (tertiary/aromatic N) is 2. The second-order valence-corrected chi connectivity index (χ2v) is 5.08. The molecule has 22 heavy (non-hydrogen) atoms. The topological polar surface area (TPSA) is 51.5 Å². The van der Waals surface area contributed by atoms with Crippen molar-refractivity contribution < 1.29 is 0 Å². The van der Waals surface area contributed by atoms with Crippen LogP contribution >= 0.6 is 11.6 Å². The molecule has 5 heteroatoms. The summed E-state index contributed by atoms with van der Waals surface area (Å²) in [7, 11) is 0. The average Bonchev–Trinajstić information content (AvgIpc) is 2.55. The fourth-order valence-electron chi connectivity index (χ4n) is 2.14. The van der Waals surface area contributed by atoms with Crippen LogP contribution in [-0.2, 0) is 0 Å². The summed E-state index contributed by atoms with van der Waals surface area (Å²) >= 11 is 6.11. The first-order valence-corrected chi connectivity index (χ1v) is 7.47. The first kappa shape index (κ1) is 16.0. The van der Waals surface area contributed by atoms with Crippen LogP contribution < -0.4 is 5.32 Å². The minimum Gasteiger partial charge on any atom is -0.383 e. The Morgan fingerprint density at radius 3 is 2.68 bits per heavy atom. The smallest absolute Gasteiger partial charge is 0.103 e. The highest BCUT2D eigenvalue weighted by Gasteiger charge is 2.06. The maximum absolute atomic E-state index is 7.30. The van der Waals surface area contributed by atoms with Crippen LogP contribution in [0.25, 0.3) is 11.1 Å². The number of anilines is 1. The van der Waals surface area contributed by atoms with E-state index in [4.69, 9.17) is 17.0 Å². The molecule has 0 heterocycles. The maximum atomic E-state index is 7.30. The molecule has 0 spiro atoms. The average molecular weight is 315 g/mol. The fraction of sp³-hybridized carbons (Fsp3) is 0.176. The number of hydrazone groups is 1. The van der Waals surface area contributed by atoms with Gasteiger partial charge in [-0.25, -0.2) is 0 Å². The molecule has 2 aromatic carbocycles. The highest BCUT2D eigenvalue weighted by atomic mass is 35.5. The largest absolute Gasteiger partial charge is 0.383 e. The fourth-order valence-corrected chi connectivity index (χ4v) is 2.31. The first-order valence-electron chi connectivity index (χ1n) is 7.09. The molecule has 0 unspecified atom stereocenters. The molecule has 0 bridgehead atoms. The summed E-state index contributed by atoms with van der Waals surface area (Å²) in [6.45, 7) is 3.09. The van der Waals surface area contributed by atoms with E-state index >= 15 is 0 Å². The van der Waals surface area contributed by atoms with E-state index < -0.39 is 0 Å². The Kier molecular flexibility index (Phi) is 5.98. The van der Waals surface area contributed by atoms with E-state index in [0.717, 1.165) is 16.8 Å². The van der Waals surface area contributed by atoms with E-state index in [1.165, 1.54) is 6.34 Å². The van der Waals surface area contributed by atoms with Gasteiger partial charge in [0.1, 0.15) is 6.34 Å². The standard InChI is InChI=1S/C17H19ClN4/c1-2-21-22(13-19)11-10-20-17-12-15(18)8-9-16(17)14-6-4-3-5-7-14/h2-9,12-13,19-20H,10-11H2,1H3/b19-13?,21-2-. The Hall–Kier alpha value is -2.33. The number of nitrogens with one attached hydrogen (secondary N) is 2. The van der Waals surface area contributed by atoms with Crippen molar-refractivity contribution in [2.24, 2.45) is 5.10 Å². The van der Waals surface area contributed by atoms with Crippen LogP contribution in [0.2, 0.25) is 5.02 Å². The molecule has 2 N–H and O–H groups in total. The number of hydrogen-bond acceptors (Lipinski definition) is 3. The van der Waals surface area contributed by atoms with Crippen molar-refractivity contribution in [3.63, 3.8) is 0 Å². The molecule has 0 aliphatic rings. The molecule has 2 rings (SSSR count). The quantitative estimate of drug-likeness (QED) is 0.454. The Bertz CT molecular complexity index is 640. The van der Waals surface area contributed by atoms with Gasteiger partial charge in [0.2, 0.25) is 0 Å². The third-order valence-electron chi connectivity index (χ3n) is 3.14. The third kappa shape index (κ3) is 4.33. The molecule has 0 saturated carbocycles. The van der Waals surface area contributed by atoms with E-state index in [9.17, 15) is 0 Å². The van der Waals surface area contributed by atoms with Gasteiger partial charge >= 0.3 is 0 Å². The van der Waals surface area contributed by atoms with E-state index in [-0.39, 0.29) is 0 Å². The van der Waals surface area contributed by atoms with Gasteiger partial charge in [0.15, 0.2) is 0 Å². The van der Waals surface area contributed by atoms with Gasteiger partial charge in [-0.3, -0.25) is 10.4 Å². The summed E-state index contributed by atoms with van der Waals surface area (Å²) in [6, 6.07) is 16.0. The molecule has 0 aromatic heterocycles. The number of benzene rings is 2. The predicted octanol–water partition coefficient (Wildman–Crippen LogP) is 4.33. The van der Waals surface area contributed by atoms with Crippen molar-refractivity contribution in [2.45, 2.75) is 6.92 Å². The van der Waals surface area contributed by atoms with Crippen LogP contribution in [-0.4, -0.2) is 30.7 Å². The zero-order valence-electron chi connectivity index (χ0n) is 12.5. The van der Waals surface area contributed by atoms with Crippen molar-refractivity contribution in [1.82, 2.24) is 5.01 Å². The normalized spacial score (nSPS) is 10.6. The lowest BCUT2D eigenvalue weighted by Crippen LogP contribution is -2.23. The Morgan fingerprint density at radius 1 is 1.23 bits per heavy atom. The van der Waals surface area contributed by atoms with Crippen molar-refractivity contribution >= 4 is 29.8 Å². The zero-order chi connectivity index (χ0) is 15.8. The van der Waals surface area contributed by atoms with Crippen LogP contribution in [0.5, 0.6) is 0 Å². The number of rotatable bonds is 7. The molecule has 0 aliphatic carbocycles. The van der Waals surface area contributed by atoms with Gasteiger partial charge in [0, 0.05) is 29.0 Å². The molecule has 0 amide bonds. The highest BCUT2D eigenvalue weighted by Crippen LogP contribution is 2.30. The van der Waals surface area contributed by atoms with Crippen molar-refractivity contribution in [3.8, 4) is 11.1 Å². The SMILES string of the molecule is C/C=N\N(C=N)CCNc1cc(Cl)ccc1-c1ccccc1. The predicted molar refractivity (Wildman–Crippen MR) is 95.0 cm³/mol. The first-order chi connectivity index (χ1) is 10.7. The number of hydrogen-bond donors (Lipinski definition) is 2. The molecule has 0 radical (unpaired) electrons. The van der Waals surface area contributed by atoms with Gasteiger partial charge in [-0.2, -0.15) is 5.10 Å². The van der Waals surface area contributed by atoms with Crippen molar-refractivity contribution in [3.05, 3.63) is 53.6 Å². The van der Waals surface area contributed by atoms with Crippen LogP contribution in [0.1, 0.15) is 6.92 Å². The Balaban J connectivity index is 2.13. The molecule has 2 aromatic rings.